The number of nitrogens with one attached hydrogen (secondary N) is 1. The van der Waals surface area contributed by atoms with E-state index in [1.165, 1.54) is 12.1 Å². The highest BCUT2D eigenvalue weighted by molar-refractivity contribution is 14.1. The third-order valence-corrected chi connectivity index (χ3v) is 6.12. The average Bonchev–Trinajstić information content (AvgIpc) is 3.25. The summed E-state index contributed by atoms with van der Waals surface area (Å²) in [6.07, 6.45) is 0. The molecule has 0 radical (unpaired) electrons. The number of thioether (sulfide) groups is 1. The topological polar surface area (TPSA) is 90.1 Å². The number of nitro groups is 1. The number of nitrogens with zero attached hydrogens (tertiary/aromatic N) is 3. The molecule has 1 N–H and O–H groups in total. The number of rotatable bonds is 4. The van der Waals surface area contributed by atoms with Crippen molar-refractivity contribution in [2.24, 2.45) is 0 Å². The van der Waals surface area contributed by atoms with E-state index in [0.717, 1.165) is 26.3 Å². The number of nitro benzene ring substituents is 1. The molecule has 1 aliphatic heterocycles. The number of fused-ring (bicyclic) bond motifs is 1. The standard InChI is InChI=1S/C18H13IN4O3S/c19-15-4-2-1-3-13(15)18(24)20-17-14-9-27-10-16(14)21-22(17)11-5-7-12(8-6-11)23(25)26/h1-8H,9-10H2,(H,20,24). The SMILES string of the molecule is O=C(Nc1c2c(nn1-c1ccc([N+](=O)[O-])cc1)CSC2)c1ccccc1I. The van der Waals surface area contributed by atoms with E-state index in [4.69, 9.17) is 0 Å². The van der Waals surface area contributed by atoms with Crippen LogP contribution in [0.5, 0.6) is 0 Å². The lowest BCUT2D eigenvalue weighted by Crippen LogP contribution is -2.17. The number of benzene rings is 2. The highest BCUT2D eigenvalue weighted by atomic mass is 127. The van der Waals surface area contributed by atoms with Crippen molar-refractivity contribution in [1.29, 1.82) is 0 Å². The van der Waals surface area contributed by atoms with Crippen LogP contribution < -0.4 is 5.32 Å². The highest BCUT2D eigenvalue weighted by Gasteiger charge is 2.25. The zero-order chi connectivity index (χ0) is 19.0. The summed E-state index contributed by atoms with van der Waals surface area (Å²) in [4.78, 5) is 23.3. The second kappa shape index (κ2) is 7.31. The smallest absolute Gasteiger partial charge is 0.269 e. The second-order valence-electron chi connectivity index (χ2n) is 5.89. The van der Waals surface area contributed by atoms with Crippen molar-refractivity contribution >= 4 is 51.8 Å². The van der Waals surface area contributed by atoms with E-state index in [1.54, 1.807) is 34.6 Å². The molecule has 9 heteroatoms. The first-order valence-electron chi connectivity index (χ1n) is 8.04. The molecular weight excluding hydrogens is 479 g/mol. The van der Waals surface area contributed by atoms with E-state index in [9.17, 15) is 14.9 Å². The Bertz CT molecular complexity index is 1050. The minimum absolute atomic E-state index is 0.0124. The maximum Gasteiger partial charge on any atom is 0.269 e. The molecule has 136 valence electrons. The van der Waals surface area contributed by atoms with Crippen LogP contribution in [0.2, 0.25) is 0 Å². The first-order valence-corrected chi connectivity index (χ1v) is 10.3. The zero-order valence-electron chi connectivity index (χ0n) is 13.9. The number of carbonyl (C=O) groups excluding carboxylic acids is 1. The van der Waals surface area contributed by atoms with Gasteiger partial charge in [-0.05, 0) is 46.9 Å². The van der Waals surface area contributed by atoms with Gasteiger partial charge in [-0.3, -0.25) is 14.9 Å². The van der Waals surface area contributed by atoms with Crippen molar-refractivity contribution in [3.8, 4) is 5.69 Å². The Morgan fingerprint density at radius 2 is 1.93 bits per heavy atom. The monoisotopic (exact) mass is 492 g/mol. The maximum atomic E-state index is 12.8. The molecule has 2 heterocycles. The second-order valence-corrected chi connectivity index (χ2v) is 8.03. The molecule has 0 spiro atoms. The maximum absolute atomic E-state index is 12.8. The zero-order valence-corrected chi connectivity index (χ0v) is 16.9. The predicted molar refractivity (Wildman–Crippen MR) is 112 cm³/mol. The van der Waals surface area contributed by atoms with Gasteiger partial charge >= 0.3 is 0 Å². The van der Waals surface area contributed by atoms with Crippen LogP contribution in [0.3, 0.4) is 0 Å². The third-order valence-electron chi connectivity index (χ3n) is 4.21. The summed E-state index contributed by atoms with van der Waals surface area (Å²) in [6.45, 7) is 0. The van der Waals surface area contributed by atoms with E-state index >= 15 is 0 Å². The molecule has 0 saturated heterocycles. The average molecular weight is 492 g/mol. The summed E-state index contributed by atoms with van der Waals surface area (Å²) in [5, 5.41) is 18.5. The number of amides is 1. The molecular formula is C18H13IN4O3S. The van der Waals surface area contributed by atoms with Gasteiger partial charge in [0.25, 0.3) is 11.6 Å². The summed E-state index contributed by atoms with van der Waals surface area (Å²) in [6, 6.07) is 13.5. The van der Waals surface area contributed by atoms with Crippen LogP contribution in [-0.4, -0.2) is 20.6 Å². The predicted octanol–water partition coefficient (Wildman–Crippen LogP) is 4.38. The van der Waals surface area contributed by atoms with Crippen LogP contribution >= 0.6 is 34.4 Å². The fraction of sp³-hybridized carbons (Fsp3) is 0.111. The van der Waals surface area contributed by atoms with Gasteiger partial charge in [-0.1, -0.05) is 12.1 Å². The van der Waals surface area contributed by atoms with Crippen LogP contribution in [0.4, 0.5) is 11.5 Å². The van der Waals surface area contributed by atoms with Crippen molar-refractivity contribution in [2.75, 3.05) is 5.32 Å². The number of hydrogen-bond acceptors (Lipinski definition) is 5. The van der Waals surface area contributed by atoms with Crippen molar-refractivity contribution in [2.45, 2.75) is 11.5 Å². The summed E-state index contributed by atoms with van der Waals surface area (Å²) < 4.78 is 2.52. The van der Waals surface area contributed by atoms with Gasteiger partial charge in [-0.25, -0.2) is 4.68 Å². The molecule has 3 aromatic rings. The molecule has 27 heavy (non-hydrogen) atoms. The number of aromatic nitrogens is 2. The van der Waals surface area contributed by atoms with Gasteiger partial charge in [0.2, 0.25) is 0 Å². The Morgan fingerprint density at radius 1 is 1.19 bits per heavy atom. The van der Waals surface area contributed by atoms with Gasteiger partial charge in [-0.2, -0.15) is 16.9 Å². The number of non-ortho nitro benzene ring substituents is 1. The van der Waals surface area contributed by atoms with E-state index in [2.05, 4.69) is 33.0 Å². The number of halogens is 1. The summed E-state index contributed by atoms with van der Waals surface area (Å²) in [5.74, 6) is 1.96. The minimum atomic E-state index is -0.441. The Kier molecular flexibility index (Phi) is 4.87. The largest absolute Gasteiger partial charge is 0.306 e. The molecule has 1 aliphatic rings. The van der Waals surface area contributed by atoms with Crippen molar-refractivity contribution in [3.63, 3.8) is 0 Å². The fourth-order valence-corrected chi connectivity index (χ4v) is 4.53. The van der Waals surface area contributed by atoms with Crippen molar-refractivity contribution < 1.29 is 9.72 Å². The van der Waals surface area contributed by atoms with Gasteiger partial charge in [0.1, 0.15) is 5.82 Å². The number of carbonyl (C=O) groups is 1. The van der Waals surface area contributed by atoms with E-state index in [-0.39, 0.29) is 11.6 Å². The van der Waals surface area contributed by atoms with Crippen LogP contribution in [0, 0.1) is 13.7 Å². The Labute approximate surface area is 172 Å². The van der Waals surface area contributed by atoms with Crippen LogP contribution in [-0.2, 0) is 11.5 Å². The van der Waals surface area contributed by atoms with Gasteiger partial charge in [0, 0.05) is 32.8 Å². The molecule has 0 bridgehead atoms. The van der Waals surface area contributed by atoms with Gasteiger partial charge in [0.05, 0.1) is 21.9 Å². The summed E-state index contributed by atoms with van der Waals surface area (Å²) >= 11 is 3.87. The fourth-order valence-electron chi connectivity index (χ4n) is 2.86. The first-order chi connectivity index (χ1) is 13.0. The molecule has 1 aromatic heterocycles. The van der Waals surface area contributed by atoms with Crippen molar-refractivity contribution in [1.82, 2.24) is 9.78 Å². The first kappa shape index (κ1) is 18.0. The lowest BCUT2D eigenvalue weighted by Gasteiger charge is -2.11. The number of hydrogen-bond donors (Lipinski definition) is 1. The quantitative estimate of drug-likeness (QED) is 0.332. The van der Waals surface area contributed by atoms with Gasteiger partial charge in [-0.15, -0.1) is 0 Å². The van der Waals surface area contributed by atoms with E-state index in [0.29, 0.717) is 17.1 Å². The lowest BCUT2D eigenvalue weighted by atomic mass is 10.2. The van der Waals surface area contributed by atoms with E-state index < -0.39 is 4.92 Å². The molecule has 1 amide bonds. The van der Waals surface area contributed by atoms with Crippen LogP contribution in [0.25, 0.3) is 5.69 Å². The number of anilines is 1. The molecule has 0 saturated carbocycles. The summed E-state index contributed by atoms with van der Waals surface area (Å²) in [5.41, 5.74) is 3.19. The van der Waals surface area contributed by atoms with Gasteiger partial charge < -0.3 is 5.32 Å². The summed E-state index contributed by atoms with van der Waals surface area (Å²) in [7, 11) is 0. The van der Waals surface area contributed by atoms with Crippen LogP contribution in [0.15, 0.2) is 48.5 Å². The third kappa shape index (κ3) is 3.44. The van der Waals surface area contributed by atoms with Crippen LogP contribution in [0.1, 0.15) is 21.6 Å². The molecule has 0 aliphatic carbocycles. The molecule has 0 atom stereocenters. The molecule has 7 nitrogen and oxygen atoms in total. The van der Waals surface area contributed by atoms with Crippen molar-refractivity contribution in [3.05, 3.63) is 79.0 Å². The minimum Gasteiger partial charge on any atom is -0.306 e. The molecule has 2 aromatic carbocycles. The lowest BCUT2D eigenvalue weighted by molar-refractivity contribution is -0.384. The molecule has 0 fully saturated rings. The Morgan fingerprint density at radius 3 is 2.63 bits per heavy atom. The Balaban J connectivity index is 1.73. The van der Waals surface area contributed by atoms with Gasteiger partial charge in [0.15, 0.2) is 0 Å². The Hall–Kier alpha value is -2.40. The molecule has 4 rings (SSSR count). The molecule has 0 unspecified atom stereocenters. The van der Waals surface area contributed by atoms with E-state index in [1.807, 2.05) is 18.2 Å². The highest BCUT2D eigenvalue weighted by Crippen LogP contribution is 2.36. The normalized spacial score (nSPS) is 12.6.